The number of anilines is 1. The number of halogens is 1. The van der Waals surface area contributed by atoms with Gasteiger partial charge < -0.3 is 4.90 Å². The minimum atomic E-state index is 0.274. The van der Waals surface area contributed by atoms with Crippen LogP contribution in [0.25, 0.3) is 5.69 Å². The van der Waals surface area contributed by atoms with Crippen LogP contribution in [0.15, 0.2) is 36.7 Å². The van der Waals surface area contributed by atoms with Gasteiger partial charge in [0.15, 0.2) is 5.82 Å². The molecule has 7 nitrogen and oxygen atoms in total. The zero-order valence-corrected chi connectivity index (χ0v) is 19.0. The van der Waals surface area contributed by atoms with Crippen molar-refractivity contribution in [1.82, 2.24) is 29.6 Å². The SMILES string of the molecule is CC1(N2Cc3cc(Cl)ccc3-n3c(nnc3C3CC4(C3)CN(c3ncccn3)C4)C2)CC1. The standard InChI is InChI=1S/C24H26ClN7/c1-23(5-6-23)31-12-16-9-18(25)3-4-19(16)32-20(13-31)28-29-21(32)17-10-24(11-17)14-30(15-24)22-26-7-2-8-27-22/h2-4,7-9,17H,5-6,10-15H2,1H3. The van der Waals surface area contributed by atoms with Crippen molar-refractivity contribution >= 4 is 17.5 Å². The summed E-state index contributed by atoms with van der Waals surface area (Å²) in [6.45, 7) is 6.18. The first-order valence-corrected chi connectivity index (χ1v) is 11.9. The monoisotopic (exact) mass is 447 g/mol. The second-order valence-corrected chi connectivity index (χ2v) is 10.9. The predicted molar refractivity (Wildman–Crippen MR) is 122 cm³/mol. The average Bonchev–Trinajstić information content (AvgIpc) is 3.40. The third-order valence-corrected chi connectivity index (χ3v) is 8.31. The van der Waals surface area contributed by atoms with E-state index in [9.17, 15) is 0 Å². The summed E-state index contributed by atoms with van der Waals surface area (Å²) in [6, 6.07) is 8.14. The molecule has 7 rings (SSSR count). The van der Waals surface area contributed by atoms with Crippen molar-refractivity contribution < 1.29 is 0 Å². The van der Waals surface area contributed by atoms with Gasteiger partial charge in [-0.2, -0.15) is 0 Å². The first-order chi connectivity index (χ1) is 15.5. The fourth-order valence-corrected chi connectivity index (χ4v) is 6.15. The Morgan fingerprint density at radius 2 is 1.81 bits per heavy atom. The van der Waals surface area contributed by atoms with Crippen LogP contribution in [0.2, 0.25) is 5.02 Å². The molecule has 32 heavy (non-hydrogen) atoms. The van der Waals surface area contributed by atoms with Crippen molar-refractivity contribution in [3.63, 3.8) is 0 Å². The van der Waals surface area contributed by atoms with Crippen LogP contribution in [0, 0.1) is 5.41 Å². The summed E-state index contributed by atoms with van der Waals surface area (Å²) in [5, 5.41) is 10.2. The molecular weight excluding hydrogens is 422 g/mol. The molecule has 2 saturated carbocycles. The van der Waals surface area contributed by atoms with Gasteiger partial charge in [0.2, 0.25) is 5.95 Å². The molecule has 1 spiro atoms. The van der Waals surface area contributed by atoms with E-state index in [-0.39, 0.29) is 5.54 Å². The fraction of sp³-hybridized carbons (Fsp3) is 0.500. The summed E-state index contributed by atoms with van der Waals surface area (Å²) in [6.07, 6.45) is 8.43. The molecule has 0 bridgehead atoms. The molecule has 1 aromatic carbocycles. The molecule has 3 aromatic rings. The van der Waals surface area contributed by atoms with Crippen LogP contribution in [0.1, 0.15) is 55.7 Å². The second kappa shape index (κ2) is 6.51. The van der Waals surface area contributed by atoms with Gasteiger partial charge >= 0.3 is 0 Å². The molecule has 2 aliphatic heterocycles. The number of hydrogen-bond acceptors (Lipinski definition) is 6. The Morgan fingerprint density at radius 3 is 2.56 bits per heavy atom. The number of aromatic nitrogens is 5. The third kappa shape index (κ3) is 2.83. The van der Waals surface area contributed by atoms with Crippen LogP contribution in [0.3, 0.4) is 0 Å². The van der Waals surface area contributed by atoms with Crippen molar-refractivity contribution in [2.75, 3.05) is 18.0 Å². The molecule has 1 saturated heterocycles. The quantitative estimate of drug-likeness (QED) is 0.605. The minimum absolute atomic E-state index is 0.274. The Kier molecular flexibility index (Phi) is 3.87. The van der Waals surface area contributed by atoms with Crippen LogP contribution >= 0.6 is 11.6 Å². The maximum Gasteiger partial charge on any atom is 0.225 e. The first-order valence-electron chi connectivity index (χ1n) is 11.5. The Bertz CT molecular complexity index is 1190. The number of hydrogen-bond donors (Lipinski definition) is 0. The summed E-state index contributed by atoms with van der Waals surface area (Å²) in [7, 11) is 0. The summed E-state index contributed by atoms with van der Waals surface area (Å²) in [4.78, 5) is 13.6. The van der Waals surface area contributed by atoms with Crippen LogP contribution in [0.5, 0.6) is 0 Å². The molecule has 4 heterocycles. The molecule has 2 aromatic heterocycles. The van der Waals surface area contributed by atoms with E-state index in [0.29, 0.717) is 11.3 Å². The molecule has 0 N–H and O–H groups in total. The summed E-state index contributed by atoms with van der Waals surface area (Å²) in [5.41, 5.74) is 3.12. The highest BCUT2D eigenvalue weighted by Gasteiger charge is 2.55. The zero-order valence-electron chi connectivity index (χ0n) is 18.2. The molecule has 164 valence electrons. The zero-order chi connectivity index (χ0) is 21.5. The summed E-state index contributed by atoms with van der Waals surface area (Å²) < 4.78 is 2.34. The second-order valence-electron chi connectivity index (χ2n) is 10.4. The lowest BCUT2D eigenvalue weighted by atomic mass is 9.57. The summed E-state index contributed by atoms with van der Waals surface area (Å²) >= 11 is 6.40. The van der Waals surface area contributed by atoms with E-state index in [1.54, 1.807) is 0 Å². The third-order valence-electron chi connectivity index (χ3n) is 8.08. The molecule has 0 unspecified atom stereocenters. The number of benzene rings is 1. The van der Waals surface area contributed by atoms with E-state index in [4.69, 9.17) is 21.8 Å². The largest absolute Gasteiger partial charge is 0.340 e. The topological polar surface area (TPSA) is 63.0 Å². The number of fused-ring (bicyclic) bond motifs is 3. The fourth-order valence-electron chi connectivity index (χ4n) is 5.96. The highest BCUT2D eigenvalue weighted by molar-refractivity contribution is 6.30. The first kappa shape index (κ1) is 19.0. The highest BCUT2D eigenvalue weighted by Crippen LogP contribution is 2.56. The van der Waals surface area contributed by atoms with Gasteiger partial charge in [-0.15, -0.1) is 10.2 Å². The summed E-state index contributed by atoms with van der Waals surface area (Å²) in [5.74, 6) is 3.47. The number of nitrogens with zero attached hydrogens (tertiary/aromatic N) is 7. The van der Waals surface area contributed by atoms with Gasteiger partial charge in [-0.3, -0.25) is 9.47 Å². The van der Waals surface area contributed by atoms with E-state index < -0.39 is 0 Å². The van der Waals surface area contributed by atoms with E-state index >= 15 is 0 Å². The van der Waals surface area contributed by atoms with Gasteiger partial charge in [0, 0.05) is 53.9 Å². The van der Waals surface area contributed by atoms with Gasteiger partial charge in [-0.05, 0) is 62.4 Å². The van der Waals surface area contributed by atoms with Gasteiger partial charge in [0.25, 0.3) is 0 Å². The van der Waals surface area contributed by atoms with Crippen molar-refractivity contribution in [2.45, 2.75) is 57.2 Å². The minimum Gasteiger partial charge on any atom is -0.340 e. The van der Waals surface area contributed by atoms with Gasteiger partial charge in [-0.25, -0.2) is 9.97 Å². The lowest BCUT2D eigenvalue weighted by molar-refractivity contribution is 0.0574. The maximum atomic E-state index is 6.40. The molecule has 2 aliphatic carbocycles. The Morgan fingerprint density at radius 1 is 1.03 bits per heavy atom. The van der Waals surface area contributed by atoms with Crippen LogP contribution in [-0.4, -0.2) is 48.3 Å². The van der Waals surface area contributed by atoms with Crippen LogP contribution < -0.4 is 4.90 Å². The van der Waals surface area contributed by atoms with Crippen LogP contribution in [-0.2, 0) is 13.1 Å². The Balaban J connectivity index is 1.17. The molecule has 0 amide bonds. The molecule has 3 fully saturated rings. The van der Waals surface area contributed by atoms with Crippen molar-refractivity contribution in [3.8, 4) is 5.69 Å². The molecule has 4 aliphatic rings. The highest BCUT2D eigenvalue weighted by atomic mass is 35.5. The predicted octanol–water partition coefficient (Wildman–Crippen LogP) is 3.96. The molecule has 8 heteroatoms. The Hall–Kier alpha value is -2.51. The van der Waals surface area contributed by atoms with Crippen LogP contribution in [0.4, 0.5) is 5.95 Å². The van der Waals surface area contributed by atoms with Gasteiger partial charge in [-0.1, -0.05) is 11.6 Å². The number of rotatable bonds is 3. The average molecular weight is 448 g/mol. The van der Waals surface area contributed by atoms with Crippen molar-refractivity contribution in [2.24, 2.45) is 5.41 Å². The molecular formula is C24H26ClN7. The lowest BCUT2D eigenvalue weighted by Gasteiger charge is -2.58. The lowest BCUT2D eigenvalue weighted by Crippen LogP contribution is -2.62. The van der Waals surface area contributed by atoms with E-state index in [1.807, 2.05) is 24.5 Å². The Labute approximate surface area is 192 Å². The van der Waals surface area contributed by atoms with E-state index in [2.05, 4.69) is 43.4 Å². The van der Waals surface area contributed by atoms with E-state index in [1.165, 1.54) is 24.1 Å². The van der Waals surface area contributed by atoms with Gasteiger partial charge in [0.1, 0.15) is 5.82 Å². The normalized spacial score (nSPS) is 23.1. The molecule has 0 radical (unpaired) electrons. The van der Waals surface area contributed by atoms with Crippen molar-refractivity contribution in [3.05, 3.63) is 58.9 Å². The smallest absolute Gasteiger partial charge is 0.225 e. The maximum absolute atomic E-state index is 6.40. The van der Waals surface area contributed by atoms with Gasteiger partial charge in [0.05, 0.1) is 12.2 Å². The van der Waals surface area contributed by atoms with E-state index in [0.717, 1.165) is 61.6 Å². The molecule has 0 atom stereocenters. The van der Waals surface area contributed by atoms with Crippen molar-refractivity contribution in [1.29, 1.82) is 0 Å².